The maximum atomic E-state index is 12.1. The van der Waals surface area contributed by atoms with E-state index in [2.05, 4.69) is 68.4 Å². The van der Waals surface area contributed by atoms with Crippen molar-refractivity contribution in [2.75, 3.05) is 0 Å². The molecule has 0 radical (unpaired) electrons. The number of phenols is 2. The molecule has 12 rings (SSSR count). The number of hydrogen-bond acceptors (Lipinski definition) is 7. The summed E-state index contributed by atoms with van der Waals surface area (Å²) in [4.78, 5) is 14.6. The Hall–Kier alpha value is -10.0. The van der Waals surface area contributed by atoms with Gasteiger partial charge in [-0.3, -0.25) is 0 Å². The smallest absolute Gasteiger partial charge is 0.328 e. The van der Waals surface area contributed by atoms with Crippen LogP contribution in [0.4, 0.5) is 0 Å². The Morgan fingerprint density at radius 2 is 0.892 bits per heavy atom. The SMILES string of the molecule is [C-]#[N+]/C(c1nc2cc(C)ccc2o1)=c1\c2c(-c3ccc(O)cc3)n(B(c3ccccc3)c3ccccc3)/c(=C(/C#N)c3nc4cc(C)ccc4o3)c2c(-c2ccc(O)cc2)n1B(c1ccccc1)c1ccccc1. The molecule has 0 atom stereocenters. The van der Waals surface area contributed by atoms with E-state index >= 15 is 0 Å². The molecule has 4 heterocycles. The average Bonchev–Trinajstić information content (AvgIpc) is 4.23. The summed E-state index contributed by atoms with van der Waals surface area (Å²) in [7, 11) is 0. The number of fused-ring (bicyclic) bond motifs is 3. The lowest BCUT2D eigenvalue weighted by atomic mass is 9.50. The van der Waals surface area contributed by atoms with Gasteiger partial charge in [0.2, 0.25) is 11.8 Å². The average molecular weight is 957 g/mol. The third kappa shape index (κ3) is 7.79. The zero-order valence-corrected chi connectivity index (χ0v) is 40.2. The monoisotopic (exact) mass is 956 g/mol. The Morgan fingerprint density at radius 1 is 0.514 bits per heavy atom. The topological polar surface area (TPSA) is 131 Å². The molecule has 0 spiro atoms. The molecular weight excluding hydrogens is 914 g/mol. The van der Waals surface area contributed by atoms with Crippen LogP contribution in [0.2, 0.25) is 0 Å². The summed E-state index contributed by atoms with van der Waals surface area (Å²) in [5, 5.41) is 36.2. The van der Waals surface area contributed by atoms with Crippen molar-refractivity contribution in [3.05, 3.63) is 251 Å². The predicted molar refractivity (Wildman–Crippen MR) is 295 cm³/mol. The van der Waals surface area contributed by atoms with Gasteiger partial charge in [-0.2, -0.15) is 5.26 Å². The highest BCUT2D eigenvalue weighted by molar-refractivity contribution is 6.85. The summed E-state index contributed by atoms with van der Waals surface area (Å²) in [6.45, 7) is 12.1. The lowest BCUT2D eigenvalue weighted by molar-refractivity contribution is 0.475. The largest absolute Gasteiger partial charge is 0.508 e. The first-order valence-corrected chi connectivity index (χ1v) is 24.2. The molecule has 0 fully saturated rings. The van der Waals surface area contributed by atoms with Crippen molar-refractivity contribution in [2.24, 2.45) is 0 Å². The zero-order chi connectivity index (χ0) is 50.5. The van der Waals surface area contributed by atoms with Crippen LogP contribution in [0.3, 0.4) is 0 Å². The van der Waals surface area contributed by atoms with Crippen LogP contribution in [-0.2, 0) is 0 Å². The predicted octanol–water partition coefficient (Wildman–Crippen LogP) is 9.19. The van der Waals surface area contributed by atoms with E-state index in [1.54, 1.807) is 24.3 Å². The van der Waals surface area contributed by atoms with Gasteiger partial charge < -0.3 is 28.0 Å². The number of nitriles is 1. The summed E-state index contributed by atoms with van der Waals surface area (Å²) in [6.07, 6.45) is 0. The lowest BCUT2D eigenvalue weighted by Gasteiger charge is -2.24. The standard InChI is InChI=1S/C62H42B2N6O4/c1-39-24-34-52-50(36-39)67-61(73-52)49(38-65)59-54-55(58(42-28-32-48(72)33-29-42)69(59)63(43-16-8-4-9-17-43)44-18-10-5-11-19-44)60(56(66-3)62-68-51-37-40(2)25-35-53(51)74-62)70(57(54)41-26-30-47(71)31-27-41)64(45-20-12-6-13-21-45)46-22-14-7-15-23-46/h4-37,71-72H,1-2H3/b59-49-,60-56+. The van der Waals surface area contributed by atoms with Crippen molar-refractivity contribution in [1.82, 2.24) is 18.9 Å². The number of rotatable bonds is 10. The summed E-state index contributed by atoms with van der Waals surface area (Å²) in [5.74, 6) is 0.319. The van der Waals surface area contributed by atoms with Crippen molar-refractivity contribution in [2.45, 2.75) is 13.8 Å². The molecular formula is C62H42B2N6O4. The molecule has 2 N–H and O–H groups in total. The molecule has 0 bridgehead atoms. The van der Waals surface area contributed by atoms with Crippen molar-refractivity contribution in [3.8, 4) is 40.1 Å². The summed E-state index contributed by atoms with van der Waals surface area (Å²) in [6, 6.07) is 68.6. The molecule has 0 aliphatic carbocycles. The molecule has 350 valence electrons. The summed E-state index contributed by atoms with van der Waals surface area (Å²) in [5.41, 5.74) is 10.6. The van der Waals surface area contributed by atoms with Gasteiger partial charge in [-0.25, -0.2) is 14.8 Å². The van der Waals surface area contributed by atoms with Crippen molar-refractivity contribution in [3.63, 3.8) is 0 Å². The molecule has 0 aliphatic rings. The van der Waals surface area contributed by atoms with E-state index in [1.165, 1.54) is 0 Å². The van der Waals surface area contributed by atoms with Crippen LogP contribution >= 0.6 is 0 Å². The summed E-state index contributed by atoms with van der Waals surface area (Å²) >= 11 is 0. The van der Waals surface area contributed by atoms with E-state index in [1.807, 2.05) is 147 Å². The number of hydrogen-bond donors (Lipinski definition) is 2. The van der Waals surface area contributed by atoms with Crippen LogP contribution in [0, 0.1) is 31.8 Å². The number of aryl methyl sites for hydroxylation is 2. The van der Waals surface area contributed by atoms with Crippen molar-refractivity contribution >= 4 is 79.8 Å². The van der Waals surface area contributed by atoms with E-state index in [-0.39, 0.29) is 34.6 Å². The number of nitrogens with zero attached hydrogens (tertiary/aromatic N) is 6. The molecule has 0 saturated carbocycles. The van der Waals surface area contributed by atoms with Gasteiger partial charge in [-0.05, 0) is 109 Å². The van der Waals surface area contributed by atoms with Crippen molar-refractivity contribution < 1.29 is 19.0 Å². The fourth-order valence-electron chi connectivity index (χ4n) is 10.4. The Morgan fingerprint density at radius 3 is 1.30 bits per heavy atom. The van der Waals surface area contributed by atoms with Gasteiger partial charge in [0.05, 0.1) is 17.3 Å². The van der Waals surface area contributed by atoms with Crippen LogP contribution in [-0.4, -0.2) is 42.8 Å². The highest BCUT2D eigenvalue weighted by Gasteiger charge is 2.38. The molecule has 4 aromatic heterocycles. The number of phenolic OH excluding ortho intramolecular Hbond substituents is 2. The molecule has 12 heteroatoms. The maximum absolute atomic E-state index is 12.1. The van der Waals surface area contributed by atoms with Gasteiger partial charge in [0.25, 0.3) is 5.70 Å². The first kappa shape index (κ1) is 45.1. The third-order valence-corrected chi connectivity index (χ3v) is 13.6. The molecule has 74 heavy (non-hydrogen) atoms. The Balaban J connectivity index is 1.45. The van der Waals surface area contributed by atoms with Crippen LogP contribution in [0.1, 0.15) is 22.9 Å². The van der Waals surface area contributed by atoms with Gasteiger partial charge in [0.15, 0.2) is 11.2 Å². The van der Waals surface area contributed by atoms with Gasteiger partial charge in [0.1, 0.15) is 34.2 Å². The first-order valence-electron chi connectivity index (χ1n) is 24.2. The van der Waals surface area contributed by atoms with Crippen LogP contribution < -0.4 is 32.5 Å². The molecule has 0 amide bonds. The Labute approximate surface area is 426 Å². The van der Waals surface area contributed by atoms with E-state index in [4.69, 9.17) is 18.8 Å². The van der Waals surface area contributed by atoms with Gasteiger partial charge >= 0.3 is 13.7 Å². The number of aromatic nitrogens is 4. The van der Waals surface area contributed by atoms with E-state index in [0.717, 1.165) is 33.0 Å². The third-order valence-electron chi connectivity index (χ3n) is 13.6. The van der Waals surface area contributed by atoms with E-state index in [9.17, 15) is 22.0 Å². The van der Waals surface area contributed by atoms with Crippen LogP contribution in [0.5, 0.6) is 11.5 Å². The van der Waals surface area contributed by atoms with E-state index < -0.39 is 13.7 Å². The fourth-order valence-corrected chi connectivity index (χ4v) is 10.4. The maximum Gasteiger partial charge on any atom is 0.328 e. The zero-order valence-electron chi connectivity index (χ0n) is 40.2. The molecule has 0 aliphatic heterocycles. The Bertz CT molecular complexity index is 3950. The second-order valence-corrected chi connectivity index (χ2v) is 18.4. The number of oxazole rings is 2. The highest BCUT2D eigenvalue weighted by atomic mass is 16.4. The highest BCUT2D eigenvalue weighted by Crippen LogP contribution is 2.38. The quantitative estimate of drug-likeness (QED) is 0.103. The van der Waals surface area contributed by atoms with Crippen LogP contribution in [0.25, 0.3) is 71.6 Å². The molecule has 8 aromatic carbocycles. The fraction of sp³-hybridized carbons (Fsp3) is 0.0323. The lowest BCUT2D eigenvalue weighted by Crippen LogP contribution is -2.54. The molecule has 0 saturated heterocycles. The van der Waals surface area contributed by atoms with Gasteiger partial charge in [-0.15, -0.1) is 0 Å². The normalized spacial score (nSPS) is 12.2. The molecule has 12 aromatic rings. The number of aromatic hydroxyl groups is 2. The second kappa shape index (κ2) is 18.6. The minimum atomic E-state index is -0.629. The number of benzene rings is 8. The minimum Gasteiger partial charge on any atom is -0.508 e. The minimum absolute atomic E-state index is 0.0583. The first-order chi connectivity index (χ1) is 36.3. The Kier molecular flexibility index (Phi) is 11.4. The van der Waals surface area contributed by atoms with Gasteiger partial charge in [0, 0.05) is 22.2 Å². The summed E-state index contributed by atoms with van der Waals surface area (Å²) < 4.78 is 17.7. The molecule has 10 nitrogen and oxygen atoms in total. The second-order valence-electron chi connectivity index (χ2n) is 18.4. The molecule has 0 unspecified atom stereocenters. The van der Waals surface area contributed by atoms with Gasteiger partial charge in [-0.1, -0.05) is 155 Å². The van der Waals surface area contributed by atoms with E-state index in [0.29, 0.717) is 66.2 Å². The van der Waals surface area contributed by atoms with Crippen LogP contribution in [0.15, 0.2) is 215 Å². The van der Waals surface area contributed by atoms with Crippen molar-refractivity contribution in [1.29, 1.82) is 5.26 Å².